The first-order valence-electron chi connectivity index (χ1n) is 5.30. The van der Waals surface area contributed by atoms with Crippen LogP contribution in [0.25, 0.3) is 0 Å². The van der Waals surface area contributed by atoms with Crippen molar-refractivity contribution in [3.05, 3.63) is 12.0 Å². The number of nitrogens with one attached hydrogen (secondary N) is 1. The third-order valence-electron chi connectivity index (χ3n) is 1.80. The second-order valence-electron chi connectivity index (χ2n) is 4.75. The Hall–Kier alpha value is -1.65. The molecule has 11 heteroatoms. The van der Waals surface area contributed by atoms with E-state index in [1.54, 1.807) is 20.8 Å². The summed E-state index contributed by atoms with van der Waals surface area (Å²) in [6.07, 6.45) is 0.0875. The Balaban J connectivity index is 2.63. The van der Waals surface area contributed by atoms with Crippen molar-refractivity contribution < 1.29 is 35.3 Å². The number of alkyl halides is 3. The van der Waals surface area contributed by atoms with E-state index in [1.807, 2.05) is 0 Å². The van der Waals surface area contributed by atoms with Crippen molar-refractivity contribution >= 4 is 16.2 Å². The molecule has 1 heterocycles. The van der Waals surface area contributed by atoms with Crippen molar-refractivity contribution in [1.29, 1.82) is 0 Å². The van der Waals surface area contributed by atoms with Crippen LogP contribution in [0.15, 0.2) is 12.0 Å². The lowest BCUT2D eigenvalue weighted by atomic mass is 10.2. The van der Waals surface area contributed by atoms with Gasteiger partial charge < -0.3 is 8.92 Å². The van der Waals surface area contributed by atoms with Gasteiger partial charge >= 0.3 is 21.7 Å². The van der Waals surface area contributed by atoms with E-state index < -0.39 is 33.2 Å². The normalized spacial score (nSPS) is 16.5. The van der Waals surface area contributed by atoms with E-state index in [0.29, 0.717) is 0 Å². The summed E-state index contributed by atoms with van der Waals surface area (Å²) >= 11 is 0. The third kappa shape index (κ3) is 4.18. The summed E-state index contributed by atoms with van der Waals surface area (Å²) in [7, 11) is -5.77. The number of carbonyl (C=O) groups is 1. The average Bonchev–Trinajstić information content (AvgIpc) is 2.60. The standard InChI is InChI=1S/C9H13F3N2O5S/c1-8(2,3)18-7(15)14-5-4-6(13-14)19-20(16,17)9(10,11)12/h4,13H,5H2,1-3H3. The molecule has 1 amide bonds. The molecule has 0 aromatic carbocycles. The lowest BCUT2D eigenvalue weighted by Crippen LogP contribution is -2.42. The van der Waals surface area contributed by atoms with E-state index >= 15 is 0 Å². The summed E-state index contributed by atoms with van der Waals surface area (Å²) in [6.45, 7) is 4.59. The highest BCUT2D eigenvalue weighted by Crippen LogP contribution is 2.26. The third-order valence-corrected chi connectivity index (χ3v) is 2.77. The molecule has 0 atom stereocenters. The van der Waals surface area contributed by atoms with Crippen LogP contribution in [0.4, 0.5) is 18.0 Å². The number of hydrogen-bond acceptors (Lipinski definition) is 6. The Morgan fingerprint density at radius 2 is 1.90 bits per heavy atom. The zero-order chi connectivity index (χ0) is 15.8. The fourth-order valence-electron chi connectivity index (χ4n) is 1.05. The monoisotopic (exact) mass is 318 g/mol. The number of ether oxygens (including phenoxy) is 1. The van der Waals surface area contributed by atoms with Crippen LogP contribution < -0.4 is 5.43 Å². The number of rotatable bonds is 2. The predicted molar refractivity (Wildman–Crippen MR) is 60.2 cm³/mol. The maximum atomic E-state index is 12.1. The molecule has 0 fully saturated rings. The molecule has 0 saturated heterocycles. The molecule has 20 heavy (non-hydrogen) atoms. The van der Waals surface area contributed by atoms with Crippen molar-refractivity contribution in [2.45, 2.75) is 31.9 Å². The first kappa shape index (κ1) is 16.4. The van der Waals surface area contributed by atoms with Gasteiger partial charge in [0, 0.05) is 6.08 Å². The molecular weight excluding hydrogens is 305 g/mol. The van der Waals surface area contributed by atoms with Crippen molar-refractivity contribution in [2.24, 2.45) is 0 Å². The Labute approximate surface area is 113 Å². The Kier molecular flexibility index (Phi) is 4.13. The maximum Gasteiger partial charge on any atom is 0.534 e. The van der Waals surface area contributed by atoms with Gasteiger partial charge in [0.25, 0.3) is 0 Å². The van der Waals surface area contributed by atoms with E-state index in [1.165, 1.54) is 0 Å². The molecule has 1 rings (SSSR count). The van der Waals surface area contributed by atoms with E-state index in [-0.39, 0.29) is 6.54 Å². The number of nitrogens with zero attached hydrogens (tertiary/aromatic N) is 1. The van der Waals surface area contributed by atoms with Crippen LogP contribution in [0.3, 0.4) is 0 Å². The number of hydrazine groups is 1. The number of hydrogen-bond donors (Lipinski definition) is 1. The molecule has 1 N–H and O–H groups in total. The molecule has 0 aliphatic carbocycles. The molecule has 0 spiro atoms. The van der Waals surface area contributed by atoms with Crippen LogP contribution in [0.2, 0.25) is 0 Å². The average molecular weight is 318 g/mol. The van der Waals surface area contributed by atoms with Gasteiger partial charge in [-0.15, -0.1) is 0 Å². The van der Waals surface area contributed by atoms with Gasteiger partial charge in [-0.05, 0) is 20.8 Å². The summed E-state index contributed by atoms with van der Waals surface area (Å²) in [5.41, 5.74) is -4.29. The van der Waals surface area contributed by atoms with Gasteiger partial charge in [0.05, 0.1) is 6.54 Å². The van der Waals surface area contributed by atoms with Gasteiger partial charge in [-0.2, -0.15) is 21.6 Å². The second kappa shape index (κ2) is 5.04. The number of amides is 1. The highest BCUT2D eigenvalue weighted by atomic mass is 32.2. The molecule has 0 radical (unpaired) electrons. The van der Waals surface area contributed by atoms with Crippen LogP contribution in [-0.4, -0.2) is 37.2 Å². The fraction of sp³-hybridized carbons (Fsp3) is 0.667. The van der Waals surface area contributed by atoms with Crippen LogP contribution in [0.5, 0.6) is 0 Å². The van der Waals surface area contributed by atoms with Gasteiger partial charge in [0.1, 0.15) is 5.60 Å². The smallest absolute Gasteiger partial charge is 0.442 e. The SMILES string of the molecule is CC(C)(C)OC(=O)N1CC=C(OS(=O)(=O)C(F)(F)F)N1. The zero-order valence-corrected chi connectivity index (χ0v) is 11.6. The molecule has 0 unspecified atom stereocenters. The van der Waals surface area contributed by atoms with Gasteiger partial charge in [-0.3, -0.25) is 5.43 Å². The molecule has 0 aromatic heterocycles. The lowest BCUT2D eigenvalue weighted by molar-refractivity contribution is -0.0528. The fourth-order valence-corrected chi connectivity index (χ4v) is 1.49. The van der Waals surface area contributed by atoms with E-state index in [2.05, 4.69) is 9.61 Å². The molecule has 0 bridgehead atoms. The summed E-state index contributed by atoms with van der Waals surface area (Å²) in [4.78, 5) is 11.5. The number of carbonyl (C=O) groups excluding carboxylic acids is 1. The van der Waals surface area contributed by atoms with E-state index in [4.69, 9.17) is 4.74 Å². The van der Waals surface area contributed by atoms with Crippen molar-refractivity contribution in [2.75, 3.05) is 6.54 Å². The van der Waals surface area contributed by atoms with Crippen LogP contribution >= 0.6 is 0 Å². The quantitative estimate of drug-likeness (QED) is 0.613. The highest BCUT2D eigenvalue weighted by molar-refractivity contribution is 7.87. The molecule has 7 nitrogen and oxygen atoms in total. The van der Waals surface area contributed by atoms with E-state index in [9.17, 15) is 26.4 Å². The lowest BCUT2D eigenvalue weighted by Gasteiger charge is -2.24. The second-order valence-corrected chi connectivity index (χ2v) is 6.29. The largest absolute Gasteiger partial charge is 0.534 e. The summed E-state index contributed by atoms with van der Waals surface area (Å²) < 4.78 is 66.5. The zero-order valence-electron chi connectivity index (χ0n) is 10.8. The summed E-state index contributed by atoms with van der Waals surface area (Å²) in [5, 5.41) is 0.770. The van der Waals surface area contributed by atoms with Crippen molar-refractivity contribution in [3.63, 3.8) is 0 Å². The van der Waals surface area contributed by atoms with Crippen molar-refractivity contribution in [1.82, 2.24) is 10.4 Å². The molecule has 116 valence electrons. The minimum atomic E-state index is -5.77. The molecule has 0 aromatic rings. The Morgan fingerprint density at radius 1 is 1.35 bits per heavy atom. The Morgan fingerprint density at radius 3 is 2.35 bits per heavy atom. The Bertz CT molecular complexity index is 521. The van der Waals surface area contributed by atoms with Crippen LogP contribution in [0, 0.1) is 0 Å². The molecule has 1 aliphatic heterocycles. The van der Waals surface area contributed by atoms with Crippen LogP contribution in [0.1, 0.15) is 20.8 Å². The molecular formula is C9H13F3N2O5S. The van der Waals surface area contributed by atoms with Gasteiger partial charge in [-0.25, -0.2) is 9.80 Å². The first-order valence-corrected chi connectivity index (χ1v) is 6.71. The highest BCUT2D eigenvalue weighted by Gasteiger charge is 2.49. The van der Waals surface area contributed by atoms with Gasteiger partial charge in [0.2, 0.25) is 5.88 Å². The summed E-state index contributed by atoms with van der Waals surface area (Å²) in [5.74, 6) is -0.715. The minimum Gasteiger partial charge on any atom is -0.442 e. The molecule has 0 saturated carbocycles. The predicted octanol–water partition coefficient (Wildman–Crippen LogP) is 1.45. The van der Waals surface area contributed by atoms with Gasteiger partial charge in [0.15, 0.2) is 0 Å². The van der Waals surface area contributed by atoms with Crippen LogP contribution in [-0.2, 0) is 19.0 Å². The summed E-state index contributed by atoms with van der Waals surface area (Å²) in [6, 6.07) is 0. The maximum absolute atomic E-state index is 12.1. The minimum absolute atomic E-state index is 0.197. The van der Waals surface area contributed by atoms with E-state index in [0.717, 1.165) is 11.1 Å². The topological polar surface area (TPSA) is 84.9 Å². The van der Waals surface area contributed by atoms with Gasteiger partial charge in [-0.1, -0.05) is 0 Å². The first-order chi connectivity index (χ1) is 8.82. The van der Waals surface area contributed by atoms with Crippen molar-refractivity contribution in [3.8, 4) is 0 Å². The molecule has 1 aliphatic rings. The number of halogens is 3.